The van der Waals surface area contributed by atoms with Gasteiger partial charge in [0.15, 0.2) is 11.7 Å². The number of nitrogens with zero attached hydrogens (tertiary/aromatic N) is 3. The fourth-order valence-corrected chi connectivity index (χ4v) is 11.5. The van der Waals surface area contributed by atoms with Gasteiger partial charge in [-0.05, 0) is 126 Å². The first kappa shape index (κ1) is 63.9. The molecular formula is C59H69N6O12S2Zn-. The Labute approximate surface area is 484 Å². The van der Waals surface area contributed by atoms with E-state index in [9.17, 15) is 18.3 Å². The maximum Gasteiger partial charge on any atom is 0.343 e. The summed E-state index contributed by atoms with van der Waals surface area (Å²) in [6.45, 7) is 14.0. The number of sulfonamides is 1. The minimum atomic E-state index is -3.65. The van der Waals surface area contributed by atoms with Crippen LogP contribution in [0.3, 0.4) is 0 Å². The third-order valence-corrected chi connectivity index (χ3v) is 14.5. The number of aliphatic hydroxyl groups is 1. The Morgan fingerprint density at radius 3 is 1.82 bits per heavy atom. The molecule has 18 nitrogen and oxygen atoms in total. The Kier molecular flexibility index (Phi) is 23.6. The van der Waals surface area contributed by atoms with Gasteiger partial charge < -0.3 is 30.6 Å². The molecule has 4 aromatic carbocycles. The number of allylic oxidation sites excluding steroid dienone is 1. The van der Waals surface area contributed by atoms with Gasteiger partial charge in [-0.1, -0.05) is 126 Å². The van der Waals surface area contributed by atoms with Crippen molar-refractivity contribution in [2.75, 3.05) is 28.7 Å². The zero-order chi connectivity index (χ0) is 57.6. The molecule has 4 unspecified atom stereocenters. The first-order chi connectivity index (χ1) is 37.6. The van der Waals surface area contributed by atoms with E-state index >= 15 is 4.79 Å². The molecule has 1 aromatic heterocycles. The number of aliphatic carboxylic acids is 1. The molecule has 4 atom stereocenters. The molecule has 1 aliphatic heterocycles. The SMILES string of the molecule is CC(=O)O.CNc1cccc(C(=O)Nc2[n-]c(C=C3N=C(N=C(O)c4cccc(NS(C)(=O)=O)c4)C(C(=O)OC4C(C)CC(C)CC4C)=C3c3ccccc3)c(-c3ccccc3)c2COOC2C(C)CC(C)CC2C)c1.O=S=O.[Zn]. The van der Waals surface area contributed by atoms with Gasteiger partial charge in [-0.15, -0.1) is 0 Å². The number of aliphatic hydroxyl groups excluding tert-OH is 1. The Balaban J connectivity index is 0.00000139. The second kappa shape index (κ2) is 29.5. The molecule has 0 spiro atoms. The van der Waals surface area contributed by atoms with E-state index in [1.54, 1.807) is 49.5 Å². The van der Waals surface area contributed by atoms with Crippen LogP contribution in [0.25, 0.3) is 22.8 Å². The Morgan fingerprint density at radius 1 is 0.762 bits per heavy atom. The molecule has 2 fully saturated rings. The first-order valence-corrected chi connectivity index (χ1v) is 28.6. The van der Waals surface area contributed by atoms with E-state index in [1.807, 2.05) is 66.7 Å². The third-order valence-electron chi connectivity index (χ3n) is 13.9. The zero-order valence-electron chi connectivity index (χ0n) is 46.5. The number of benzene rings is 4. The molecule has 5 N–H and O–H groups in total. The summed E-state index contributed by atoms with van der Waals surface area (Å²) in [6.07, 6.45) is 6.02. The molecule has 3 aliphatic rings. The van der Waals surface area contributed by atoms with Crippen molar-refractivity contribution in [1.82, 2.24) is 4.98 Å². The normalized spacial score (nSPS) is 22.2. The van der Waals surface area contributed by atoms with Crippen LogP contribution in [0.4, 0.5) is 17.2 Å². The van der Waals surface area contributed by atoms with Crippen LogP contribution in [0.5, 0.6) is 0 Å². The Morgan fingerprint density at radius 2 is 1.27 bits per heavy atom. The van der Waals surface area contributed by atoms with E-state index in [0.717, 1.165) is 50.1 Å². The maximum atomic E-state index is 15.1. The van der Waals surface area contributed by atoms with Gasteiger partial charge in [0.25, 0.3) is 5.97 Å². The van der Waals surface area contributed by atoms with Crippen LogP contribution >= 0.6 is 0 Å². The molecule has 2 heterocycles. The summed E-state index contributed by atoms with van der Waals surface area (Å²) in [5.41, 5.74) is 5.19. The number of amidine groups is 1. The molecule has 8 rings (SSSR count). The average Bonchev–Trinajstić information content (AvgIpc) is 3.92. The Bertz CT molecular complexity index is 3220. The standard InChI is InChI=1S/C57H66N6O8S.C2H4O2.O2S.Zn/c1-33-25-35(3)51(36(4)26-33)70-57(66)50-49(40-19-13-10-14-20-40)47(60-54(50)62-56(65)42-22-16-24-44(30-42)63-72(8,67)68)31-46-48(39-17-11-9-12-18-39)45(32-69-71-52-37(5)27-34(2)28-38(52)6)53(59-46)61-55(64)41-21-15-23-43(29-41)58-7;1-2(3)4;1-3-2;/h9-24,29-31,33-38,51-52,58,63H,25-28,32H2,1-8H3,(H3,59,60,61,62,64,65,66);1H3,(H,3,4);;/p-1. The monoisotopic (exact) mass is 1180 g/mol. The number of ether oxygens (including phenoxy) is 1. The predicted molar refractivity (Wildman–Crippen MR) is 307 cm³/mol. The molecule has 5 aromatic rings. The fraction of sp³-hybridized carbons (Fsp3) is 0.373. The molecule has 2 saturated carbocycles. The number of rotatable bonds is 15. The van der Waals surface area contributed by atoms with Gasteiger partial charge in [0.1, 0.15) is 18.3 Å². The van der Waals surface area contributed by atoms with Crippen molar-refractivity contribution in [3.63, 3.8) is 0 Å². The summed E-state index contributed by atoms with van der Waals surface area (Å²) in [5.74, 6) is -0.602. The average molecular weight is 1180 g/mol. The molecule has 21 heteroatoms. The maximum absolute atomic E-state index is 15.1. The van der Waals surface area contributed by atoms with Crippen LogP contribution < -0.4 is 20.3 Å². The van der Waals surface area contributed by atoms with Gasteiger partial charge in [0.2, 0.25) is 15.9 Å². The number of carboxylic acid groups (broad SMARTS) is 1. The van der Waals surface area contributed by atoms with Crippen molar-refractivity contribution in [3.8, 4) is 11.1 Å². The van der Waals surface area contributed by atoms with Crippen molar-refractivity contribution in [1.29, 1.82) is 0 Å². The van der Waals surface area contributed by atoms with Crippen molar-refractivity contribution in [3.05, 3.63) is 148 Å². The Hall–Kier alpha value is -6.90. The summed E-state index contributed by atoms with van der Waals surface area (Å²) in [6, 6.07) is 32.2. The van der Waals surface area contributed by atoms with Crippen LogP contribution in [0.15, 0.2) is 130 Å². The minimum absolute atomic E-state index is 0. The number of amides is 1. The van der Waals surface area contributed by atoms with Gasteiger partial charge in [-0.3, -0.25) is 14.3 Å². The number of esters is 1. The quantitative estimate of drug-likeness (QED) is 0.0163. The number of hydrogen-bond acceptors (Lipinski definition) is 13. The van der Waals surface area contributed by atoms with Gasteiger partial charge in [0, 0.05) is 61.5 Å². The van der Waals surface area contributed by atoms with Crippen LogP contribution in [-0.2, 0) is 71.8 Å². The van der Waals surface area contributed by atoms with E-state index in [0.29, 0.717) is 45.4 Å². The van der Waals surface area contributed by atoms with Crippen molar-refractivity contribution in [2.45, 2.75) is 93.0 Å². The molecule has 80 heavy (non-hydrogen) atoms. The summed E-state index contributed by atoms with van der Waals surface area (Å²) in [4.78, 5) is 65.5. The van der Waals surface area contributed by atoms with Gasteiger partial charge in [-0.25, -0.2) is 28.0 Å². The number of carboxylic acids is 1. The van der Waals surface area contributed by atoms with Gasteiger partial charge in [-0.2, -0.15) is 13.4 Å². The summed E-state index contributed by atoms with van der Waals surface area (Å²) in [5, 5.41) is 25.3. The van der Waals surface area contributed by atoms with Gasteiger partial charge >= 0.3 is 17.5 Å². The molecule has 1 amide bonds. The van der Waals surface area contributed by atoms with E-state index in [1.165, 1.54) is 6.07 Å². The number of anilines is 3. The van der Waals surface area contributed by atoms with Crippen molar-refractivity contribution in [2.24, 2.45) is 45.5 Å². The first-order valence-electron chi connectivity index (χ1n) is 26.0. The third kappa shape index (κ3) is 17.3. The summed E-state index contributed by atoms with van der Waals surface area (Å²) < 4.78 is 49.8. The van der Waals surface area contributed by atoms with Crippen molar-refractivity contribution < 1.29 is 75.4 Å². The van der Waals surface area contributed by atoms with Crippen LogP contribution in [0, 0.1) is 35.5 Å². The second-order valence-electron chi connectivity index (χ2n) is 20.7. The number of carbonyl (C=O) groups excluding carboxylic acids is 2. The van der Waals surface area contributed by atoms with E-state index < -0.39 is 51.4 Å². The van der Waals surface area contributed by atoms with E-state index in [-0.39, 0.29) is 90.0 Å². The van der Waals surface area contributed by atoms with E-state index in [4.69, 9.17) is 42.8 Å². The molecule has 0 radical (unpaired) electrons. The minimum Gasteiger partial charge on any atom is -0.493 e. The largest absolute Gasteiger partial charge is 0.493 e. The van der Waals surface area contributed by atoms with Gasteiger partial charge in [0.05, 0.1) is 18.1 Å². The van der Waals surface area contributed by atoms with Crippen LogP contribution in [0.1, 0.15) is 107 Å². The smallest absolute Gasteiger partial charge is 0.343 e. The number of aromatic nitrogens is 1. The van der Waals surface area contributed by atoms with E-state index in [2.05, 4.69) is 61.9 Å². The summed E-state index contributed by atoms with van der Waals surface area (Å²) in [7, 11) is -1.86. The molecule has 0 saturated heterocycles. The van der Waals surface area contributed by atoms with Crippen LogP contribution in [0.2, 0.25) is 0 Å². The number of nitrogens with one attached hydrogen (secondary N) is 3. The van der Waals surface area contributed by atoms with Crippen LogP contribution in [-0.4, -0.2) is 82.1 Å². The molecular weight excluding hydrogens is 1110 g/mol. The topological polar surface area (TPSA) is 263 Å². The molecule has 2 aliphatic carbocycles. The molecule has 422 valence electrons. The number of carbonyl (C=O) groups is 3. The number of aliphatic imine (C=N–C) groups is 2. The van der Waals surface area contributed by atoms with Crippen molar-refractivity contribution >= 4 is 80.0 Å². The fourth-order valence-electron chi connectivity index (χ4n) is 10.9. The summed E-state index contributed by atoms with van der Waals surface area (Å²) >= 11 is -0.750. The number of hydrogen-bond donors (Lipinski definition) is 5. The zero-order valence-corrected chi connectivity index (χ0v) is 51.1. The molecule has 0 bridgehead atoms. The second-order valence-corrected chi connectivity index (χ2v) is 22.5. The predicted octanol–water partition coefficient (Wildman–Crippen LogP) is 10.7.